The van der Waals surface area contributed by atoms with E-state index in [1.54, 1.807) is 0 Å². The smallest absolute Gasteiger partial charge is 0.0415 e. The Kier molecular flexibility index (Phi) is 3.62. The molecule has 1 aromatic carbocycles. The second-order valence-corrected chi connectivity index (χ2v) is 6.53. The number of benzene rings is 1. The van der Waals surface area contributed by atoms with E-state index in [9.17, 15) is 0 Å². The molecule has 0 amide bonds. The summed E-state index contributed by atoms with van der Waals surface area (Å²) >= 11 is 3.60. The van der Waals surface area contributed by atoms with Crippen molar-refractivity contribution in [2.24, 2.45) is 0 Å². The van der Waals surface area contributed by atoms with Gasteiger partial charge in [-0.15, -0.1) is 0 Å². The predicted molar refractivity (Wildman–Crippen MR) is 80.0 cm³/mol. The molecule has 18 heavy (non-hydrogen) atoms. The summed E-state index contributed by atoms with van der Waals surface area (Å²) in [6.45, 7) is 4.55. The first kappa shape index (κ1) is 12.5. The van der Waals surface area contributed by atoms with E-state index in [0.29, 0.717) is 6.04 Å². The largest absolute Gasteiger partial charge is 0.369 e. The maximum Gasteiger partial charge on any atom is 0.0415 e. The zero-order valence-corrected chi connectivity index (χ0v) is 12.5. The number of hydrogen-bond acceptors (Lipinski definition) is 2. The summed E-state index contributed by atoms with van der Waals surface area (Å²) in [5, 5.41) is 3.63. The third-order valence-electron chi connectivity index (χ3n) is 4.06. The Labute approximate surface area is 118 Å². The topological polar surface area (TPSA) is 15.3 Å². The van der Waals surface area contributed by atoms with Crippen LogP contribution in [-0.4, -0.2) is 18.6 Å². The zero-order chi connectivity index (χ0) is 12.5. The Hall–Kier alpha value is -0.540. The number of hydrogen-bond donors (Lipinski definition) is 1. The second kappa shape index (κ2) is 5.22. The number of anilines is 1. The van der Waals surface area contributed by atoms with Crippen LogP contribution >= 0.6 is 15.9 Å². The Bertz CT molecular complexity index is 429. The van der Waals surface area contributed by atoms with Gasteiger partial charge in [0.2, 0.25) is 0 Å². The minimum absolute atomic E-state index is 0.686. The lowest BCUT2D eigenvalue weighted by Crippen LogP contribution is -2.28. The van der Waals surface area contributed by atoms with E-state index in [0.717, 1.165) is 12.6 Å². The molecule has 98 valence electrons. The summed E-state index contributed by atoms with van der Waals surface area (Å²) in [5.74, 6) is 0. The molecule has 0 radical (unpaired) electrons. The molecule has 1 unspecified atom stereocenters. The lowest BCUT2D eigenvalue weighted by molar-refractivity contribution is 0.678. The number of rotatable bonds is 4. The van der Waals surface area contributed by atoms with Crippen molar-refractivity contribution in [2.75, 3.05) is 11.4 Å². The second-order valence-electron chi connectivity index (χ2n) is 5.61. The van der Waals surface area contributed by atoms with Gasteiger partial charge in [-0.2, -0.15) is 0 Å². The molecule has 0 bridgehead atoms. The highest BCUT2D eigenvalue weighted by Gasteiger charge is 2.24. The van der Waals surface area contributed by atoms with Gasteiger partial charge in [0.15, 0.2) is 0 Å². The maximum atomic E-state index is 3.63. The highest BCUT2D eigenvalue weighted by Crippen LogP contribution is 2.31. The Balaban J connectivity index is 1.81. The fourth-order valence-electron chi connectivity index (χ4n) is 2.81. The molecule has 1 aliphatic heterocycles. The summed E-state index contributed by atoms with van der Waals surface area (Å²) in [6, 6.07) is 8.17. The van der Waals surface area contributed by atoms with E-state index in [-0.39, 0.29) is 0 Å². The van der Waals surface area contributed by atoms with Crippen molar-refractivity contribution in [1.29, 1.82) is 0 Å². The molecular weight excluding hydrogens is 288 g/mol. The maximum absolute atomic E-state index is 3.63. The highest BCUT2D eigenvalue weighted by molar-refractivity contribution is 9.10. The summed E-state index contributed by atoms with van der Waals surface area (Å²) < 4.78 is 1.19. The molecule has 1 aromatic rings. The molecular formula is C15H21BrN2. The summed E-state index contributed by atoms with van der Waals surface area (Å²) in [4.78, 5) is 2.57. The van der Waals surface area contributed by atoms with Crippen molar-refractivity contribution in [2.45, 2.75) is 51.2 Å². The molecule has 1 N–H and O–H groups in total. The van der Waals surface area contributed by atoms with E-state index in [1.807, 2.05) is 0 Å². The molecule has 2 aliphatic rings. The van der Waals surface area contributed by atoms with Crippen LogP contribution in [-0.2, 0) is 6.54 Å². The van der Waals surface area contributed by atoms with Gasteiger partial charge in [0, 0.05) is 35.3 Å². The lowest BCUT2D eigenvalue weighted by atomic mass is 10.1. The lowest BCUT2D eigenvalue weighted by Gasteiger charge is -2.27. The van der Waals surface area contributed by atoms with E-state index in [4.69, 9.17) is 0 Å². The molecule has 3 heteroatoms. The van der Waals surface area contributed by atoms with Crippen LogP contribution in [0.2, 0.25) is 0 Å². The molecule has 0 aromatic heterocycles. The van der Waals surface area contributed by atoms with E-state index >= 15 is 0 Å². The fraction of sp³-hybridized carbons (Fsp3) is 0.600. The van der Waals surface area contributed by atoms with E-state index in [2.05, 4.69) is 51.3 Å². The third kappa shape index (κ3) is 2.72. The van der Waals surface area contributed by atoms with Crippen LogP contribution in [0.4, 0.5) is 5.69 Å². The predicted octanol–water partition coefficient (Wildman–Crippen LogP) is 3.69. The van der Waals surface area contributed by atoms with Crippen molar-refractivity contribution in [3.8, 4) is 0 Å². The minimum Gasteiger partial charge on any atom is -0.369 e. The molecule has 1 atom stereocenters. The van der Waals surface area contributed by atoms with Gasteiger partial charge in [-0.3, -0.25) is 0 Å². The van der Waals surface area contributed by atoms with Gasteiger partial charge in [-0.25, -0.2) is 0 Å². The number of nitrogens with one attached hydrogen (secondary N) is 1. The van der Waals surface area contributed by atoms with Gasteiger partial charge in [-0.05, 0) is 56.4 Å². The fourth-order valence-corrected chi connectivity index (χ4v) is 3.22. The van der Waals surface area contributed by atoms with Crippen LogP contribution in [0.15, 0.2) is 22.7 Å². The van der Waals surface area contributed by atoms with Gasteiger partial charge in [0.05, 0.1) is 0 Å². The van der Waals surface area contributed by atoms with Gasteiger partial charge >= 0.3 is 0 Å². The summed E-state index contributed by atoms with van der Waals surface area (Å²) in [5.41, 5.74) is 2.86. The Morgan fingerprint density at radius 1 is 1.33 bits per heavy atom. The van der Waals surface area contributed by atoms with Crippen molar-refractivity contribution in [3.05, 3.63) is 28.2 Å². The van der Waals surface area contributed by atoms with Crippen LogP contribution in [0.25, 0.3) is 0 Å². The molecule has 2 fully saturated rings. The average molecular weight is 309 g/mol. The van der Waals surface area contributed by atoms with Crippen LogP contribution < -0.4 is 10.2 Å². The van der Waals surface area contributed by atoms with E-state index in [1.165, 1.54) is 48.0 Å². The quantitative estimate of drug-likeness (QED) is 0.912. The summed E-state index contributed by atoms with van der Waals surface area (Å²) in [6.07, 6.45) is 5.35. The number of halogens is 1. The number of nitrogens with zero attached hydrogens (tertiary/aromatic N) is 1. The van der Waals surface area contributed by atoms with Gasteiger partial charge in [0.25, 0.3) is 0 Å². The Morgan fingerprint density at radius 3 is 2.83 bits per heavy atom. The standard InChI is InChI=1S/C15H21BrN2/c1-11-3-2-8-18(11)15-7-4-13(16)9-12(15)10-17-14-5-6-14/h4,7,9,11,14,17H,2-3,5-6,8,10H2,1H3. The molecule has 2 nitrogen and oxygen atoms in total. The highest BCUT2D eigenvalue weighted by atomic mass is 79.9. The minimum atomic E-state index is 0.686. The molecule has 0 spiro atoms. The van der Waals surface area contributed by atoms with Crippen LogP contribution in [0.5, 0.6) is 0 Å². The first-order valence-corrected chi connectivity index (χ1v) is 7.82. The van der Waals surface area contributed by atoms with Crippen molar-refractivity contribution in [1.82, 2.24) is 5.32 Å². The van der Waals surface area contributed by atoms with Crippen molar-refractivity contribution < 1.29 is 0 Å². The third-order valence-corrected chi connectivity index (χ3v) is 4.56. The molecule has 1 heterocycles. The first-order chi connectivity index (χ1) is 8.74. The SMILES string of the molecule is CC1CCCN1c1ccc(Br)cc1CNC1CC1. The van der Waals surface area contributed by atoms with Crippen LogP contribution in [0.3, 0.4) is 0 Å². The van der Waals surface area contributed by atoms with Crippen LogP contribution in [0.1, 0.15) is 38.2 Å². The van der Waals surface area contributed by atoms with Crippen molar-refractivity contribution in [3.63, 3.8) is 0 Å². The van der Waals surface area contributed by atoms with Crippen molar-refractivity contribution >= 4 is 21.6 Å². The molecule has 3 rings (SSSR count). The summed E-state index contributed by atoms with van der Waals surface area (Å²) in [7, 11) is 0. The van der Waals surface area contributed by atoms with Gasteiger partial charge < -0.3 is 10.2 Å². The van der Waals surface area contributed by atoms with E-state index < -0.39 is 0 Å². The first-order valence-electron chi connectivity index (χ1n) is 7.02. The molecule has 1 saturated carbocycles. The zero-order valence-electron chi connectivity index (χ0n) is 11.0. The molecule has 1 aliphatic carbocycles. The molecule has 1 saturated heterocycles. The normalized spacial score (nSPS) is 23.7. The van der Waals surface area contributed by atoms with Gasteiger partial charge in [0.1, 0.15) is 0 Å². The Morgan fingerprint density at radius 2 is 2.17 bits per heavy atom. The van der Waals surface area contributed by atoms with Gasteiger partial charge in [-0.1, -0.05) is 15.9 Å². The van der Waals surface area contributed by atoms with Crippen LogP contribution in [0, 0.1) is 0 Å². The average Bonchev–Trinajstić information content (AvgIpc) is 3.09. The monoisotopic (exact) mass is 308 g/mol.